The summed E-state index contributed by atoms with van der Waals surface area (Å²) in [6.45, 7) is 1.57. The summed E-state index contributed by atoms with van der Waals surface area (Å²) in [5, 5.41) is 3.23. The molecule has 0 bridgehead atoms. The summed E-state index contributed by atoms with van der Waals surface area (Å²) in [7, 11) is 0. The number of hydrazine groups is 1. The SMILES string of the molecule is CC(NC(=O)NNC(=O)COc1ccc(Br)cc1)c1ccccc1Cl. The molecule has 1 unspecified atom stereocenters. The molecule has 0 aromatic heterocycles. The van der Waals surface area contributed by atoms with Crippen molar-refractivity contribution < 1.29 is 14.3 Å². The normalized spacial score (nSPS) is 11.3. The summed E-state index contributed by atoms with van der Waals surface area (Å²) < 4.78 is 6.21. The van der Waals surface area contributed by atoms with Crippen LogP contribution in [-0.4, -0.2) is 18.5 Å². The number of nitrogens with one attached hydrogen (secondary N) is 3. The van der Waals surface area contributed by atoms with Crippen LogP contribution in [0.25, 0.3) is 0 Å². The second kappa shape index (κ2) is 9.29. The van der Waals surface area contributed by atoms with Gasteiger partial charge in [0.1, 0.15) is 5.75 Å². The first kappa shape index (κ1) is 19.1. The topological polar surface area (TPSA) is 79.5 Å². The Balaban J connectivity index is 1.73. The Morgan fingerprint density at radius 2 is 1.80 bits per heavy atom. The van der Waals surface area contributed by atoms with Crippen molar-refractivity contribution in [2.24, 2.45) is 0 Å². The molecule has 0 aliphatic heterocycles. The minimum absolute atomic E-state index is 0.220. The summed E-state index contributed by atoms with van der Waals surface area (Å²) in [5.41, 5.74) is 5.32. The van der Waals surface area contributed by atoms with E-state index in [1.807, 2.05) is 18.2 Å². The Hall–Kier alpha value is -2.25. The lowest BCUT2D eigenvalue weighted by Gasteiger charge is -2.16. The number of ether oxygens (including phenoxy) is 1. The standard InChI is InChI=1S/C17H17BrClN3O3/c1-11(14-4-2-3-5-15(14)19)20-17(24)22-21-16(23)10-25-13-8-6-12(18)7-9-13/h2-9,11H,10H2,1H3,(H,21,23)(H2,20,22,24). The van der Waals surface area contributed by atoms with Gasteiger partial charge in [-0.15, -0.1) is 0 Å². The first-order valence-electron chi connectivity index (χ1n) is 7.44. The maximum Gasteiger partial charge on any atom is 0.333 e. The molecule has 132 valence electrons. The molecule has 3 N–H and O–H groups in total. The van der Waals surface area contributed by atoms with Crippen LogP contribution in [0.15, 0.2) is 53.0 Å². The number of hydrogen-bond donors (Lipinski definition) is 3. The van der Waals surface area contributed by atoms with E-state index >= 15 is 0 Å². The van der Waals surface area contributed by atoms with E-state index < -0.39 is 11.9 Å². The van der Waals surface area contributed by atoms with Gasteiger partial charge in [0.2, 0.25) is 0 Å². The minimum atomic E-state index is -0.551. The molecule has 0 aliphatic carbocycles. The zero-order valence-corrected chi connectivity index (χ0v) is 15.7. The Bertz CT molecular complexity index is 740. The van der Waals surface area contributed by atoms with Crippen molar-refractivity contribution in [1.82, 2.24) is 16.2 Å². The number of rotatable bonds is 5. The van der Waals surface area contributed by atoms with E-state index in [9.17, 15) is 9.59 Å². The fourth-order valence-electron chi connectivity index (χ4n) is 1.98. The molecule has 25 heavy (non-hydrogen) atoms. The van der Waals surface area contributed by atoms with Gasteiger partial charge in [-0.2, -0.15) is 0 Å². The average molecular weight is 427 g/mol. The number of carbonyl (C=O) groups excluding carboxylic acids is 2. The fourth-order valence-corrected chi connectivity index (χ4v) is 2.54. The molecule has 0 saturated heterocycles. The highest BCUT2D eigenvalue weighted by molar-refractivity contribution is 9.10. The molecule has 0 saturated carbocycles. The van der Waals surface area contributed by atoms with Crippen LogP contribution < -0.4 is 20.9 Å². The predicted octanol–water partition coefficient (Wildman–Crippen LogP) is 3.57. The number of urea groups is 1. The highest BCUT2D eigenvalue weighted by Crippen LogP contribution is 2.21. The van der Waals surface area contributed by atoms with Crippen LogP contribution in [0.1, 0.15) is 18.5 Å². The van der Waals surface area contributed by atoms with Crippen molar-refractivity contribution in [3.05, 3.63) is 63.6 Å². The Morgan fingerprint density at radius 1 is 1.12 bits per heavy atom. The molecule has 2 rings (SSSR count). The Labute approximate surface area is 159 Å². The zero-order chi connectivity index (χ0) is 18.2. The van der Waals surface area contributed by atoms with Gasteiger partial charge in [-0.25, -0.2) is 10.2 Å². The van der Waals surface area contributed by atoms with Crippen molar-refractivity contribution in [1.29, 1.82) is 0 Å². The molecule has 0 aliphatic rings. The summed E-state index contributed by atoms with van der Waals surface area (Å²) in [5.74, 6) is 0.0682. The van der Waals surface area contributed by atoms with Gasteiger partial charge in [0, 0.05) is 9.50 Å². The lowest BCUT2D eigenvalue weighted by molar-refractivity contribution is -0.123. The average Bonchev–Trinajstić information content (AvgIpc) is 2.59. The van der Waals surface area contributed by atoms with Crippen LogP contribution >= 0.6 is 27.5 Å². The molecule has 2 aromatic rings. The first-order valence-corrected chi connectivity index (χ1v) is 8.61. The molecular weight excluding hydrogens is 410 g/mol. The highest BCUT2D eigenvalue weighted by atomic mass is 79.9. The van der Waals surface area contributed by atoms with Crippen LogP contribution in [0.3, 0.4) is 0 Å². The smallest absolute Gasteiger partial charge is 0.333 e. The zero-order valence-electron chi connectivity index (χ0n) is 13.4. The molecule has 2 aromatic carbocycles. The van der Waals surface area contributed by atoms with E-state index in [1.54, 1.807) is 37.3 Å². The number of carbonyl (C=O) groups is 2. The van der Waals surface area contributed by atoms with E-state index in [1.165, 1.54) is 0 Å². The van der Waals surface area contributed by atoms with E-state index in [0.717, 1.165) is 10.0 Å². The highest BCUT2D eigenvalue weighted by Gasteiger charge is 2.12. The molecule has 0 spiro atoms. The number of halogens is 2. The molecule has 8 heteroatoms. The monoisotopic (exact) mass is 425 g/mol. The van der Waals surface area contributed by atoms with E-state index in [-0.39, 0.29) is 12.6 Å². The van der Waals surface area contributed by atoms with Gasteiger partial charge in [-0.05, 0) is 42.8 Å². The molecular formula is C17H17BrClN3O3. The maximum absolute atomic E-state index is 11.8. The summed E-state index contributed by atoms with van der Waals surface area (Å²) >= 11 is 9.39. The van der Waals surface area contributed by atoms with Gasteiger partial charge in [0.25, 0.3) is 5.91 Å². The van der Waals surface area contributed by atoms with E-state index in [4.69, 9.17) is 16.3 Å². The van der Waals surface area contributed by atoms with Crippen molar-refractivity contribution in [2.75, 3.05) is 6.61 Å². The fraction of sp³-hybridized carbons (Fsp3) is 0.176. The van der Waals surface area contributed by atoms with Crippen molar-refractivity contribution in [3.8, 4) is 5.75 Å². The molecule has 3 amide bonds. The third-order valence-electron chi connectivity index (χ3n) is 3.22. The lowest BCUT2D eigenvalue weighted by atomic mass is 10.1. The molecule has 6 nitrogen and oxygen atoms in total. The van der Waals surface area contributed by atoms with Crippen LogP contribution in [0.5, 0.6) is 5.75 Å². The first-order chi connectivity index (χ1) is 12.0. The van der Waals surface area contributed by atoms with Crippen LogP contribution in [-0.2, 0) is 4.79 Å². The lowest BCUT2D eigenvalue weighted by Crippen LogP contribution is -2.48. The van der Waals surface area contributed by atoms with E-state index in [0.29, 0.717) is 10.8 Å². The van der Waals surface area contributed by atoms with Crippen molar-refractivity contribution >= 4 is 39.5 Å². The third kappa shape index (κ3) is 6.28. The molecule has 0 radical (unpaired) electrons. The largest absolute Gasteiger partial charge is 0.484 e. The Morgan fingerprint density at radius 3 is 2.48 bits per heavy atom. The minimum Gasteiger partial charge on any atom is -0.484 e. The summed E-state index contributed by atoms with van der Waals surface area (Å²) in [6, 6.07) is 13.4. The van der Waals surface area contributed by atoms with E-state index in [2.05, 4.69) is 32.1 Å². The van der Waals surface area contributed by atoms with Crippen LogP contribution in [0.2, 0.25) is 5.02 Å². The second-order valence-corrected chi connectivity index (χ2v) is 6.46. The maximum atomic E-state index is 11.8. The third-order valence-corrected chi connectivity index (χ3v) is 4.09. The van der Waals surface area contributed by atoms with Gasteiger partial charge in [-0.3, -0.25) is 10.2 Å². The Kier molecular flexibility index (Phi) is 7.09. The van der Waals surface area contributed by atoms with Crippen LogP contribution in [0, 0.1) is 0 Å². The van der Waals surface area contributed by atoms with Crippen molar-refractivity contribution in [2.45, 2.75) is 13.0 Å². The number of amides is 3. The van der Waals surface area contributed by atoms with Gasteiger partial charge in [-0.1, -0.05) is 45.7 Å². The molecule has 1 atom stereocenters. The summed E-state index contributed by atoms with van der Waals surface area (Å²) in [4.78, 5) is 23.5. The second-order valence-electron chi connectivity index (χ2n) is 5.13. The summed E-state index contributed by atoms with van der Waals surface area (Å²) in [6.07, 6.45) is 0. The molecule has 0 heterocycles. The van der Waals surface area contributed by atoms with Crippen molar-refractivity contribution in [3.63, 3.8) is 0 Å². The van der Waals surface area contributed by atoms with Gasteiger partial charge in [0.15, 0.2) is 6.61 Å². The van der Waals surface area contributed by atoms with Gasteiger partial charge in [0.05, 0.1) is 6.04 Å². The predicted molar refractivity (Wildman–Crippen MR) is 99.3 cm³/mol. The number of hydrogen-bond acceptors (Lipinski definition) is 3. The van der Waals surface area contributed by atoms with Crippen LogP contribution in [0.4, 0.5) is 4.79 Å². The number of benzene rings is 2. The van der Waals surface area contributed by atoms with Gasteiger partial charge < -0.3 is 10.1 Å². The van der Waals surface area contributed by atoms with Gasteiger partial charge >= 0.3 is 6.03 Å². The molecule has 0 fully saturated rings. The quantitative estimate of drug-likeness (QED) is 0.640.